The van der Waals surface area contributed by atoms with Gasteiger partial charge in [-0.25, -0.2) is 0 Å². The first-order valence-electron chi connectivity index (χ1n) is 7.11. The van der Waals surface area contributed by atoms with Gasteiger partial charge in [0.15, 0.2) is 0 Å². The average molecular weight is 249 g/mol. The molecule has 2 unspecified atom stereocenters. The average Bonchev–Trinajstić information content (AvgIpc) is 2.36. The van der Waals surface area contributed by atoms with Gasteiger partial charge in [0.25, 0.3) is 0 Å². The van der Waals surface area contributed by atoms with Crippen molar-refractivity contribution in [2.75, 3.05) is 17.2 Å². The van der Waals surface area contributed by atoms with Gasteiger partial charge < -0.3 is 10.6 Å². The fourth-order valence-corrected chi connectivity index (χ4v) is 2.00. The van der Waals surface area contributed by atoms with Crippen LogP contribution < -0.4 is 10.6 Å². The zero-order valence-electron chi connectivity index (χ0n) is 12.2. The number of aromatic nitrogens is 1. The van der Waals surface area contributed by atoms with Crippen LogP contribution in [-0.2, 0) is 0 Å². The minimum atomic E-state index is 0.489. The molecule has 1 aromatic rings. The number of anilines is 2. The van der Waals surface area contributed by atoms with Crippen LogP contribution in [0.5, 0.6) is 0 Å². The van der Waals surface area contributed by atoms with Gasteiger partial charge in [-0.15, -0.1) is 0 Å². The van der Waals surface area contributed by atoms with Gasteiger partial charge in [-0.1, -0.05) is 27.2 Å². The first-order valence-corrected chi connectivity index (χ1v) is 7.11. The Morgan fingerprint density at radius 1 is 1.17 bits per heavy atom. The van der Waals surface area contributed by atoms with Crippen molar-refractivity contribution in [2.45, 2.75) is 53.0 Å². The van der Waals surface area contributed by atoms with Crippen molar-refractivity contribution >= 4 is 11.4 Å². The Labute approximate surface area is 111 Å². The minimum absolute atomic E-state index is 0.489. The zero-order valence-corrected chi connectivity index (χ0v) is 12.2. The summed E-state index contributed by atoms with van der Waals surface area (Å²) < 4.78 is 0. The quantitative estimate of drug-likeness (QED) is 0.727. The Kier molecular flexibility index (Phi) is 6.55. The predicted octanol–water partition coefficient (Wildman–Crippen LogP) is 4.14. The maximum absolute atomic E-state index is 4.26. The van der Waals surface area contributed by atoms with Crippen molar-refractivity contribution in [2.24, 2.45) is 5.92 Å². The van der Waals surface area contributed by atoms with Crippen LogP contribution in [0.4, 0.5) is 11.4 Å². The largest absolute Gasteiger partial charge is 0.384 e. The molecule has 18 heavy (non-hydrogen) atoms. The molecule has 3 nitrogen and oxygen atoms in total. The third kappa shape index (κ3) is 5.39. The molecular formula is C15H27N3. The number of hydrogen-bond acceptors (Lipinski definition) is 3. The standard InChI is InChI=1S/C15H27N3/c1-5-7-17-14-9-15(11-16-10-14)18-13(4)8-12(3)6-2/h9-13,17-18H,5-8H2,1-4H3. The lowest BCUT2D eigenvalue weighted by atomic mass is 10.0. The normalized spacial score (nSPS) is 14.0. The summed E-state index contributed by atoms with van der Waals surface area (Å²) in [4.78, 5) is 4.26. The SMILES string of the molecule is CCCNc1cncc(NC(C)CC(C)CC)c1. The molecule has 0 bridgehead atoms. The molecule has 3 heteroatoms. The monoisotopic (exact) mass is 249 g/mol. The molecule has 102 valence electrons. The minimum Gasteiger partial charge on any atom is -0.384 e. The number of pyridine rings is 1. The van der Waals surface area contributed by atoms with Crippen molar-refractivity contribution in [1.82, 2.24) is 4.98 Å². The van der Waals surface area contributed by atoms with Crippen molar-refractivity contribution < 1.29 is 0 Å². The summed E-state index contributed by atoms with van der Waals surface area (Å²) in [7, 11) is 0. The molecule has 0 aliphatic rings. The molecule has 1 rings (SSSR count). The van der Waals surface area contributed by atoms with Crippen LogP contribution in [0.15, 0.2) is 18.5 Å². The van der Waals surface area contributed by atoms with Crippen LogP contribution in [0.1, 0.15) is 47.0 Å². The number of hydrogen-bond donors (Lipinski definition) is 2. The van der Waals surface area contributed by atoms with E-state index >= 15 is 0 Å². The fourth-order valence-electron chi connectivity index (χ4n) is 2.00. The topological polar surface area (TPSA) is 37.0 Å². The fraction of sp³-hybridized carbons (Fsp3) is 0.667. The first-order chi connectivity index (χ1) is 8.65. The molecule has 0 fully saturated rings. The summed E-state index contributed by atoms with van der Waals surface area (Å²) in [5.41, 5.74) is 2.20. The summed E-state index contributed by atoms with van der Waals surface area (Å²) in [5, 5.41) is 6.88. The Balaban J connectivity index is 2.50. The molecule has 0 saturated heterocycles. The van der Waals surface area contributed by atoms with Crippen molar-refractivity contribution in [3.63, 3.8) is 0 Å². The van der Waals surface area contributed by atoms with E-state index in [1.165, 1.54) is 12.8 Å². The van der Waals surface area contributed by atoms with Gasteiger partial charge in [0.05, 0.1) is 23.8 Å². The number of nitrogens with zero attached hydrogens (tertiary/aromatic N) is 1. The molecule has 0 aromatic carbocycles. The summed E-state index contributed by atoms with van der Waals surface area (Å²) in [6.45, 7) is 9.94. The lowest BCUT2D eigenvalue weighted by Crippen LogP contribution is -2.18. The van der Waals surface area contributed by atoms with E-state index < -0.39 is 0 Å². The second-order valence-electron chi connectivity index (χ2n) is 5.18. The molecule has 1 heterocycles. The second kappa shape index (κ2) is 7.96. The van der Waals surface area contributed by atoms with Crippen molar-refractivity contribution in [3.05, 3.63) is 18.5 Å². The maximum atomic E-state index is 4.26. The van der Waals surface area contributed by atoms with E-state index in [9.17, 15) is 0 Å². The first kappa shape index (κ1) is 14.8. The highest BCUT2D eigenvalue weighted by molar-refractivity contribution is 5.54. The Morgan fingerprint density at radius 3 is 2.56 bits per heavy atom. The molecule has 0 aliphatic heterocycles. The maximum Gasteiger partial charge on any atom is 0.0549 e. The van der Waals surface area contributed by atoms with Gasteiger partial charge in [-0.2, -0.15) is 0 Å². The Morgan fingerprint density at radius 2 is 1.89 bits per heavy atom. The third-order valence-corrected chi connectivity index (χ3v) is 3.18. The highest BCUT2D eigenvalue weighted by atomic mass is 14.9. The van der Waals surface area contributed by atoms with E-state index in [1.54, 1.807) is 0 Å². The van der Waals surface area contributed by atoms with Crippen LogP contribution in [0, 0.1) is 5.92 Å². The molecular weight excluding hydrogens is 222 g/mol. The summed E-state index contributed by atoms with van der Waals surface area (Å²) in [6.07, 6.45) is 7.33. The molecule has 0 radical (unpaired) electrons. The van der Waals surface area contributed by atoms with E-state index in [-0.39, 0.29) is 0 Å². The zero-order chi connectivity index (χ0) is 13.4. The lowest BCUT2D eigenvalue weighted by molar-refractivity contribution is 0.484. The molecule has 2 N–H and O–H groups in total. The number of nitrogens with one attached hydrogen (secondary N) is 2. The summed E-state index contributed by atoms with van der Waals surface area (Å²) >= 11 is 0. The van der Waals surface area contributed by atoms with Crippen LogP contribution in [0.2, 0.25) is 0 Å². The van der Waals surface area contributed by atoms with Crippen molar-refractivity contribution in [1.29, 1.82) is 0 Å². The van der Waals surface area contributed by atoms with Gasteiger partial charge in [-0.3, -0.25) is 4.98 Å². The van der Waals surface area contributed by atoms with Crippen LogP contribution >= 0.6 is 0 Å². The predicted molar refractivity (Wildman–Crippen MR) is 80.2 cm³/mol. The van der Waals surface area contributed by atoms with E-state index in [4.69, 9.17) is 0 Å². The van der Waals surface area contributed by atoms with Gasteiger partial charge in [0.1, 0.15) is 0 Å². The van der Waals surface area contributed by atoms with Gasteiger partial charge in [0.2, 0.25) is 0 Å². The van der Waals surface area contributed by atoms with E-state index in [0.29, 0.717) is 6.04 Å². The molecule has 1 aromatic heterocycles. The van der Waals surface area contributed by atoms with E-state index in [2.05, 4.69) is 49.4 Å². The van der Waals surface area contributed by atoms with E-state index in [1.807, 2.05) is 12.4 Å². The molecule has 2 atom stereocenters. The highest BCUT2D eigenvalue weighted by Gasteiger charge is 2.07. The smallest absolute Gasteiger partial charge is 0.0549 e. The molecule has 0 amide bonds. The molecule has 0 saturated carbocycles. The van der Waals surface area contributed by atoms with Crippen LogP contribution in [-0.4, -0.2) is 17.6 Å². The number of rotatable bonds is 8. The van der Waals surface area contributed by atoms with Crippen LogP contribution in [0.3, 0.4) is 0 Å². The Hall–Kier alpha value is -1.25. The summed E-state index contributed by atoms with van der Waals surface area (Å²) in [5.74, 6) is 0.766. The Bertz CT molecular complexity index is 338. The summed E-state index contributed by atoms with van der Waals surface area (Å²) in [6, 6.07) is 2.62. The third-order valence-electron chi connectivity index (χ3n) is 3.18. The molecule has 0 aliphatic carbocycles. The van der Waals surface area contributed by atoms with Crippen LogP contribution in [0.25, 0.3) is 0 Å². The van der Waals surface area contributed by atoms with Gasteiger partial charge in [0, 0.05) is 12.6 Å². The molecule has 0 spiro atoms. The van der Waals surface area contributed by atoms with Crippen molar-refractivity contribution in [3.8, 4) is 0 Å². The van der Waals surface area contributed by atoms with Gasteiger partial charge in [-0.05, 0) is 31.7 Å². The van der Waals surface area contributed by atoms with E-state index in [0.717, 1.165) is 30.3 Å². The second-order valence-corrected chi connectivity index (χ2v) is 5.18. The lowest BCUT2D eigenvalue weighted by Gasteiger charge is -2.19. The van der Waals surface area contributed by atoms with Gasteiger partial charge >= 0.3 is 0 Å². The highest BCUT2D eigenvalue weighted by Crippen LogP contribution is 2.17.